The molecule has 0 radical (unpaired) electrons. The summed E-state index contributed by atoms with van der Waals surface area (Å²) < 4.78 is 109. The first-order chi connectivity index (χ1) is 15.8. The molecule has 0 amide bonds. The Morgan fingerprint density at radius 2 is 2.57 bits per heavy atom. The Hall–Kier alpha value is -1.59. The summed E-state index contributed by atoms with van der Waals surface area (Å²) in [6, 6.07) is 0.478. The van der Waals surface area contributed by atoms with Gasteiger partial charge in [-0.2, -0.15) is 0 Å². The molecule has 2 bridgehead atoms. The maximum absolute atomic E-state index is 13.4. The first-order valence-electron chi connectivity index (χ1n) is 13.2. The van der Waals surface area contributed by atoms with Gasteiger partial charge in [-0.1, -0.05) is 6.07 Å². The standard InChI is InChI=1S/C18H21NO4/c1-19-8-7-17-14-10-3-4-12(22-2)15(14)23-16(17)11(20)5-6-18(17,21)13(19)9-10/h3-4,13,16,21H,5-9H2,1-2H3/t13-,16?,17+,18-/m1/s1/i1D3,2D3,5D2,9D2,16D,21D. The molecule has 1 saturated carbocycles. The van der Waals surface area contributed by atoms with E-state index in [4.69, 9.17) is 29.7 Å². The smallest absolute Gasteiger partial charge is 0.211 e. The molecule has 1 aromatic rings. The fourth-order valence-electron chi connectivity index (χ4n) is 4.47. The lowest BCUT2D eigenvalue weighted by Gasteiger charge is -2.62. The number of likely N-dealkylation sites (N-methyl/N-ethyl adjacent to an activating group) is 1. The zero-order valence-electron chi connectivity index (χ0n) is 23.9. The van der Waals surface area contributed by atoms with Gasteiger partial charge in [-0.3, -0.25) is 4.79 Å². The zero-order valence-corrected chi connectivity index (χ0v) is 11.9. The van der Waals surface area contributed by atoms with Gasteiger partial charge in [0.15, 0.2) is 23.4 Å². The summed E-state index contributed by atoms with van der Waals surface area (Å²) >= 11 is 0. The summed E-state index contributed by atoms with van der Waals surface area (Å²) in [6.07, 6.45) is -9.52. The van der Waals surface area contributed by atoms with Gasteiger partial charge in [-0.05, 0) is 44.4 Å². The number of hydrogen-bond acceptors (Lipinski definition) is 5. The second kappa shape index (κ2) is 4.08. The fourth-order valence-corrected chi connectivity index (χ4v) is 4.47. The van der Waals surface area contributed by atoms with Crippen molar-refractivity contribution >= 4 is 5.78 Å². The summed E-state index contributed by atoms with van der Waals surface area (Å²) in [7, 11) is -2.98. The van der Waals surface area contributed by atoms with Gasteiger partial charge >= 0.3 is 0 Å². The fraction of sp³-hybridized carbons (Fsp3) is 0.611. The normalized spacial score (nSPS) is 56.9. The van der Waals surface area contributed by atoms with Gasteiger partial charge in [0.25, 0.3) is 0 Å². The highest BCUT2D eigenvalue weighted by atomic mass is 16.5. The minimum Gasteiger partial charge on any atom is -0.493 e. The van der Waals surface area contributed by atoms with Crippen LogP contribution in [0, 0.1) is 0 Å². The van der Waals surface area contributed by atoms with Crippen molar-refractivity contribution in [2.24, 2.45) is 0 Å². The van der Waals surface area contributed by atoms with Crippen molar-refractivity contribution in [2.45, 2.75) is 48.7 Å². The number of benzene rings is 1. The van der Waals surface area contributed by atoms with Crippen molar-refractivity contribution in [1.82, 2.24) is 4.90 Å². The van der Waals surface area contributed by atoms with Gasteiger partial charge < -0.3 is 19.5 Å². The van der Waals surface area contributed by atoms with Gasteiger partial charge in [0.1, 0.15) is 0 Å². The number of carbonyl (C=O) groups is 1. The molecule has 2 aliphatic carbocycles. The van der Waals surface area contributed by atoms with Gasteiger partial charge in [-0.15, -0.1) is 0 Å². The van der Waals surface area contributed by atoms with Gasteiger partial charge in [0.05, 0.1) is 23.5 Å². The minimum absolute atomic E-state index is 0.128. The van der Waals surface area contributed by atoms with E-state index in [0.29, 0.717) is 0 Å². The predicted molar refractivity (Wildman–Crippen MR) is 83.0 cm³/mol. The Balaban J connectivity index is 1.93. The molecule has 5 rings (SSSR count). The van der Waals surface area contributed by atoms with E-state index in [1.54, 1.807) is 0 Å². The Morgan fingerprint density at radius 1 is 1.61 bits per heavy atom. The maximum Gasteiger partial charge on any atom is 0.211 e. The number of piperidine rings is 1. The third-order valence-electron chi connectivity index (χ3n) is 5.46. The van der Waals surface area contributed by atoms with Crippen LogP contribution in [0.5, 0.6) is 11.5 Å². The molecule has 2 heterocycles. The first kappa shape index (κ1) is 6.37. The molecule has 2 fully saturated rings. The molecule has 5 heteroatoms. The van der Waals surface area contributed by atoms with Crippen molar-refractivity contribution in [2.75, 3.05) is 20.6 Å². The third kappa shape index (κ3) is 1.32. The second-order valence-corrected chi connectivity index (χ2v) is 6.32. The first-order valence-corrected chi connectivity index (χ1v) is 7.32. The van der Waals surface area contributed by atoms with E-state index in [-0.39, 0.29) is 24.1 Å². The minimum atomic E-state index is -2.98. The molecule has 122 valence electrons. The largest absolute Gasteiger partial charge is 0.493 e. The SMILES string of the molecule is [2H]O[C@@]12CC([2H])([2H])C(=O)C3([2H])Oc4c(OC([2H])([2H])[2H])ccc5c4[C@@]31CCN(C([2H])([2H])[2H])[C@@H]2C5([2H])[2H]. The van der Waals surface area contributed by atoms with Crippen LogP contribution in [0.4, 0.5) is 0 Å². The summed E-state index contributed by atoms with van der Waals surface area (Å²) in [5, 5.41) is 5.13. The third-order valence-corrected chi connectivity index (χ3v) is 5.46. The lowest BCUT2D eigenvalue weighted by Crippen LogP contribution is -2.76. The molecule has 0 aromatic heterocycles. The Kier molecular flexibility index (Phi) is 1.13. The number of Topliss-reactive ketones (excluding diaryl/α,β-unsaturated/α-hetero) is 1. The molecule has 1 N–H and O–H groups in total. The lowest BCUT2D eigenvalue weighted by atomic mass is 9.49. The molecule has 23 heavy (non-hydrogen) atoms. The summed E-state index contributed by atoms with van der Waals surface area (Å²) in [6.45, 7) is -3.23. The maximum atomic E-state index is 13.4. The van der Waals surface area contributed by atoms with Crippen molar-refractivity contribution in [1.29, 1.82) is 1.43 Å². The Morgan fingerprint density at radius 3 is 3.39 bits per heavy atom. The Labute approximate surface area is 152 Å². The number of carbonyl (C=O) groups excluding carboxylic acids is 1. The molecule has 1 unspecified atom stereocenters. The van der Waals surface area contributed by atoms with Crippen LogP contribution in [0.25, 0.3) is 0 Å². The molecule has 1 aromatic carbocycles. The van der Waals surface area contributed by atoms with Crippen LogP contribution < -0.4 is 9.47 Å². The van der Waals surface area contributed by atoms with Crippen molar-refractivity contribution in [3.8, 4) is 11.5 Å². The highest BCUT2D eigenvalue weighted by Crippen LogP contribution is 2.64. The van der Waals surface area contributed by atoms with E-state index < -0.39 is 73.6 Å². The molecule has 2 aliphatic heterocycles. The van der Waals surface area contributed by atoms with E-state index >= 15 is 0 Å². The van der Waals surface area contributed by atoms with E-state index in [2.05, 4.69) is 0 Å². The van der Waals surface area contributed by atoms with E-state index in [0.717, 1.165) is 11.0 Å². The van der Waals surface area contributed by atoms with Gasteiger partial charge in [0, 0.05) is 27.6 Å². The molecule has 1 saturated heterocycles. The van der Waals surface area contributed by atoms with E-state index in [1.807, 2.05) is 0 Å². The zero-order chi connectivity index (χ0) is 26.2. The molecule has 5 nitrogen and oxygen atoms in total. The van der Waals surface area contributed by atoms with Crippen LogP contribution in [0.1, 0.15) is 45.4 Å². The summed E-state index contributed by atoms with van der Waals surface area (Å²) in [5.41, 5.74) is -4.67. The van der Waals surface area contributed by atoms with Crippen LogP contribution in [0.3, 0.4) is 0 Å². The molecular formula is C18H21NO4. The average molecular weight is 327 g/mol. The van der Waals surface area contributed by atoms with Crippen LogP contribution in [0.2, 0.25) is 0 Å². The summed E-state index contributed by atoms with van der Waals surface area (Å²) in [4.78, 5) is 14.2. The van der Waals surface area contributed by atoms with Crippen molar-refractivity contribution in [3.05, 3.63) is 23.3 Å². The average Bonchev–Trinajstić information content (AvgIpc) is 2.96. The number of nitrogens with zero attached hydrogens (tertiary/aromatic N) is 1. The molecule has 1 spiro atoms. The van der Waals surface area contributed by atoms with Crippen LogP contribution >= 0.6 is 0 Å². The summed E-state index contributed by atoms with van der Waals surface area (Å²) in [5.74, 6) is -2.16. The van der Waals surface area contributed by atoms with Crippen LogP contribution in [-0.2, 0) is 16.6 Å². The highest BCUT2D eigenvalue weighted by molar-refractivity contribution is 5.90. The molecular weight excluding hydrogens is 294 g/mol. The van der Waals surface area contributed by atoms with Gasteiger partial charge in [-0.25, -0.2) is 0 Å². The molecule has 4 aliphatic rings. The highest BCUT2D eigenvalue weighted by Gasteiger charge is 2.72. The number of rotatable bonds is 2. The van der Waals surface area contributed by atoms with Crippen molar-refractivity contribution < 1.29 is 34.5 Å². The number of ketones is 1. The number of ether oxygens (including phenoxy) is 2. The lowest BCUT2D eigenvalue weighted by molar-refractivity contribution is -0.185. The second-order valence-electron chi connectivity index (χ2n) is 6.32. The number of aliphatic hydroxyl groups is 1. The number of likely N-dealkylation sites (tertiary alicyclic amines) is 1. The molecule has 4 atom stereocenters. The van der Waals surface area contributed by atoms with E-state index in [9.17, 15) is 6.17 Å². The Bertz CT molecular complexity index is 1140. The predicted octanol–water partition coefficient (Wildman–Crippen LogP) is 1.05. The van der Waals surface area contributed by atoms with E-state index in [1.165, 1.54) is 6.07 Å². The number of methoxy groups -OCH3 is 1. The number of hydrogen-bond donors (Lipinski definition) is 1. The van der Waals surface area contributed by atoms with Crippen molar-refractivity contribution in [3.63, 3.8) is 0 Å². The van der Waals surface area contributed by atoms with Crippen LogP contribution in [-0.4, -0.2) is 55.5 Å². The monoisotopic (exact) mass is 327 g/mol. The van der Waals surface area contributed by atoms with Crippen LogP contribution in [0.15, 0.2) is 12.1 Å². The quantitative estimate of drug-likeness (QED) is 0.880. The van der Waals surface area contributed by atoms with Gasteiger partial charge in [0.2, 0.25) is 1.43 Å². The topological polar surface area (TPSA) is 59.0 Å².